The second-order valence-electron chi connectivity index (χ2n) is 5.47. The molecule has 1 amide bonds. The molecule has 1 aromatic heterocycles. The van der Waals surface area contributed by atoms with Crippen LogP contribution in [0.2, 0.25) is 0 Å². The van der Waals surface area contributed by atoms with Crippen LogP contribution in [0.4, 0.5) is 10.1 Å². The third-order valence-electron chi connectivity index (χ3n) is 3.72. The van der Waals surface area contributed by atoms with Crippen molar-refractivity contribution in [3.8, 4) is 0 Å². The van der Waals surface area contributed by atoms with E-state index in [0.29, 0.717) is 22.3 Å². The molecule has 0 unspecified atom stereocenters. The van der Waals surface area contributed by atoms with Crippen molar-refractivity contribution < 1.29 is 18.7 Å². The molecule has 3 rings (SSSR count). The largest absolute Gasteiger partial charge is 0.451 e. The molecule has 0 aliphatic carbocycles. The summed E-state index contributed by atoms with van der Waals surface area (Å²) in [6.07, 6.45) is 1.60. The number of amides is 1. The molecule has 0 N–H and O–H groups in total. The zero-order valence-electron chi connectivity index (χ0n) is 13.9. The predicted octanol–water partition coefficient (Wildman–Crippen LogP) is 4.42. The molecule has 0 aliphatic heterocycles. The van der Waals surface area contributed by atoms with Crippen molar-refractivity contribution in [2.24, 2.45) is 0 Å². The predicted molar refractivity (Wildman–Crippen MR) is 101 cm³/mol. The van der Waals surface area contributed by atoms with E-state index in [1.807, 2.05) is 18.2 Å². The average Bonchev–Trinajstić information content (AvgIpc) is 3.10. The molecule has 2 aromatic carbocycles. The maximum atomic E-state index is 13.7. The number of fused-ring (bicyclic) bond motifs is 1. The Morgan fingerprint density at radius 2 is 1.92 bits per heavy atom. The van der Waals surface area contributed by atoms with Crippen LogP contribution in [0, 0.1) is 5.82 Å². The first-order chi connectivity index (χ1) is 12.6. The third kappa shape index (κ3) is 3.81. The molecule has 4 nitrogen and oxygen atoms in total. The quantitative estimate of drug-likeness (QED) is 0.477. The maximum Gasteiger partial charge on any atom is 0.348 e. The molecule has 0 fully saturated rings. The molecule has 3 aromatic rings. The normalized spacial score (nSPS) is 10.5. The first-order valence-corrected chi connectivity index (χ1v) is 8.73. The number of carbonyl (C=O) groups is 2. The van der Waals surface area contributed by atoms with Gasteiger partial charge in [0.15, 0.2) is 6.61 Å². The van der Waals surface area contributed by atoms with E-state index >= 15 is 0 Å². The van der Waals surface area contributed by atoms with Crippen LogP contribution >= 0.6 is 11.3 Å². The van der Waals surface area contributed by atoms with Gasteiger partial charge in [0.1, 0.15) is 10.7 Å². The van der Waals surface area contributed by atoms with Gasteiger partial charge in [0.25, 0.3) is 5.91 Å². The molecule has 0 saturated heterocycles. The smallest absolute Gasteiger partial charge is 0.348 e. The second-order valence-corrected chi connectivity index (χ2v) is 6.55. The fraction of sp³-hybridized carbons (Fsp3) is 0.100. The molecule has 0 spiro atoms. The number of para-hydroxylation sites is 1. The number of halogens is 1. The van der Waals surface area contributed by atoms with Gasteiger partial charge in [0.2, 0.25) is 0 Å². The van der Waals surface area contributed by atoms with E-state index in [2.05, 4.69) is 6.58 Å². The Balaban J connectivity index is 1.70. The van der Waals surface area contributed by atoms with E-state index in [-0.39, 0.29) is 10.8 Å². The van der Waals surface area contributed by atoms with E-state index in [0.717, 1.165) is 11.3 Å². The Bertz CT molecular complexity index is 952. The van der Waals surface area contributed by atoms with Gasteiger partial charge in [-0.2, -0.15) is 0 Å². The number of thiophene rings is 1. The number of hydrogen-bond acceptors (Lipinski definition) is 4. The van der Waals surface area contributed by atoms with Crippen molar-refractivity contribution in [2.45, 2.75) is 0 Å². The molecule has 0 aliphatic rings. The molecular formula is C20H16FNO3S. The highest BCUT2D eigenvalue weighted by Gasteiger charge is 2.19. The Labute approximate surface area is 154 Å². The lowest BCUT2D eigenvalue weighted by molar-refractivity contribution is -0.121. The van der Waals surface area contributed by atoms with Gasteiger partial charge in [-0.3, -0.25) is 4.79 Å². The standard InChI is InChI=1S/C20H16FNO3S/c1-2-11-22(14-7-4-3-5-8-14)19(23)13-25-20(24)18-12-15-16(21)9-6-10-17(15)26-18/h2-10,12H,1,11,13H2. The van der Waals surface area contributed by atoms with Crippen molar-refractivity contribution in [3.63, 3.8) is 0 Å². The molecular weight excluding hydrogens is 353 g/mol. The highest BCUT2D eigenvalue weighted by molar-refractivity contribution is 7.20. The van der Waals surface area contributed by atoms with E-state index in [4.69, 9.17) is 4.74 Å². The van der Waals surface area contributed by atoms with Crippen LogP contribution in [0.5, 0.6) is 0 Å². The number of ether oxygens (including phenoxy) is 1. The number of nitrogens with zero attached hydrogens (tertiary/aromatic N) is 1. The van der Waals surface area contributed by atoms with Crippen LogP contribution < -0.4 is 4.90 Å². The SMILES string of the molecule is C=CCN(C(=O)COC(=O)c1cc2c(F)cccc2s1)c1ccccc1. The second kappa shape index (κ2) is 7.93. The van der Waals surface area contributed by atoms with Crippen LogP contribution in [0.25, 0.3) is 10.1 Å². The molecule has 132 valence electrons. The van der Waals surface area contributed by atoms with Crippen LogP contribution in [0.15, 0.2) is 67.3 Å². The summed E-state index contributed by atoms with van der Waals surface area (Å²) in [6, 6.07) is 15.1. The minimum absolute atomic E-state index is 0.257. The topological polar surface area (TPSA) is 46.6 Å². The number of carbonyl (C=O) groups excluding carboxylic acids is 2. The fourth-order valence-corrected chi connectivity index (χ4v) is 3.46. The summed E-state index contributed by atoms with van der Waals surface area (Å²) in [5.74, 6) is -1.41. The van der Waals surface area contributed by atoms with Gasteiger partial charge in [0.05, 0.1) is 0 Å². The minimum atomic E-state index is -0.648. The molecule has 6 heteroatoms. The Kier molecular flexibility index (Phi) is 5.43. The number of hydrogen-bond donors (Lipinski definition) is 0. The lowest BCUT2D eigenvalue weighted by Gasteiger charge is -2.20. The summed E-state index contributed by atoms with van der Waals surface area (Å²) in [5, 5.41) is 0.369. The molecule has 0 bridgehead atoms. The van der Waals surface area contributed by atoms with Gasteiger partial charge in [-0.15, -0.1) is 17.9 Å². The highest BCUT2D eigenvalue weighted by Crippen LogP contribution is 2.28. The van der Waals surface area contributed by atoms with Crippen molar-refractivity contribution in [2.75, 3.05) is 18.1 Å². The van der Waals surface area contributed by atoms with Gasteiger partial charge >= 0.3 is 5.97 Å². The molecule has 0 atom stereocenters. The lowest BCUT2D eigenvalue weighted by Crippen LogP contribution is -2.34. The van der Waals surface area contributed by atoms with E-state index in [1.54, 1.807) is 30.3 Å². The zero-order valence-corrected chi connectivity index (χ0v) is 14.7. The molecule has 1 heterocycles. The lowest BCUT2D eigenvalue weighted by atomic mass is 10.2. The number of benzene rings is 2. The Morgan fingerprint density at radius 3 is 2.62 bits per heavy atom. The minimum Gasteiger partial charge on any atom is -0.451 e. The van der Waals surface area contributed by atoms with Gasteiger partial charge < -0.3 is 9.64 Å². The summed E-state index contributed by atoms with van der Waals surface area (Å²) in [4.78, 5) is 26.4. The van der Waals surface area contributed by atoms with Crippen molar-refractivity contribution in [1.29, 1.82) is 0 Å². The van der Waals surface area contributed by atoms with Gasteiger partial charge in [-0.05, 0) is 30.3 Å². The molecule has 0 radical (unpaired) electrons. The van der Waals surface area contributed by atoms with Crippen LogP contribution in [0.3, 0.4) is 0 Å². The summed E-state index contributed by atoms with van der Waals surface area (Å²) in [7, 11) is 0. The maximum absolute atomic E-state index is 13.7. The van der Waals surface area contributed by atoms with E-state index in [1.165, 1.54) is 17.0 Å². The number of rotatable bonds is 6. The van der Waals surface area contributed by atoms with Gasteiger partial charge in [-0.1, -0.05) is 30.3 Å². The molecule has 26 heavy (non-hydrogen) atoms. The molecule has 0 saturated carbocycles. The summed E-state index contributed by atoms with van der Waals surface area (Å²) in [5.41, 5.74) is 0.692. The average molecular weight is 369 g/mol. The summed E-state index contributed by atoms with van der Waals surface area (Å²) < 4.78 is 19.5. The van der Waals surface area contributed by atoms with E-state index in [9.17, 15) is 14.0 Å². The highest BCUT2D eigenvalue weighted by atomic mass is 32.1. The van der Waals surface area contributed by atoms with Crippen molar-refractivity contribution in [1.82, 2.24) is 0 Å². The van der Waals surface area contributed by atoms with Crippen LogP contribution in [-0.4, -0.2) is 25.0 Å². The Morgan fingerprint density at radius 1 is 1.15 bits per heavy atom. The monoisotopic (exact) mass is 369 g/mol. The van der Waals surface area contributed by atoms with Gasteiger partial charge in [0, 0.05) is 22.3 Å². The number of anilines is 1. The third-order valence-corrected chi connectivity index (χ3v) is 4.80. The first-order valence-electron chi connectivity index (χ1n) is 7.91. The first kappa shape index (κ1) is 17.8. The van der Waals surface area contributed by atoms with Crippen LogP contribution in [0.1, 0.15) is 9.67 Å². The Hall–Kier alpha value is -2.99. The number of esters is 1. The van der Waals surface area contributed by atoms with Crippen molar-refractivity contribution >= 4 is 39.0 Å². The van der Waals surface area contributed by atoms with Gasteiger partial charge in [-0.25, -0.2) is 9.18 Å². The summed E-state index contributed by atoms with van der Waals surface area (Å²) >= 11 is 1.13. The van der Waals surface area contributed by atoms with Crippen LogP contribution in [-0.2, 0) is 9.53 Å². The fourth-order valence-electron chi connectivity index (χ4n) is 2.49. The summed E-state index contributed by atoms with van der Waals surface area (Å²) in [6.45, 7) is 3.54. The van der Waals surface area contributed by atoms with Crippen molar-refractivity contribution in [3.05, 3.63) is 77.9 Å². The van der Waals surface area contributed by atoms with E-state index < -0.39 is 18.4 Å². The zero-order chi connectivity index (χ0) is 18.5.